The highest BCUT2D eigenvalue weighted by atomic mass is 14.9. The first-order valence-corrected chi connectivity index (χ1v) is 5.78. The predicted molar refractivity (Wildman–Crippen MR) is 57.7 cm³/mol. The van der Waals surface area contributed by atoms with Crippen molar-refractivity contribution in [2.75, 3.05) is 13.1 Å². The van der Waals surface area contributed by atoms with Crippen molar-refractivity contribution in [1.82, 2.24) is 5.32 Å². The summed E-state index contributed by atoms with van der Waals surface area (Å²) in [7, 11) is 0. The minimum Gasteiger partial charge on any atom is -0.330 e. The molecule has 3 N–H and O–H groups in total. The standard InChI is InChI=1S/C11H24N2/c1-10-6-2-3-7-11(10)13-9-5-4-8-12/h10-11,13H,2-9,12H2,1H3. The third-order valence-corrected chi connectivity index (χ3v) is 3.15. The minimum atomic E-state index is 0.784. The summed E-state index contributed by atoms with van der Waals surface area (Å²) in [6, 6.07) is 0.784. The van der Waals surface area contributed by atoms with Crippen molar-refractivity contribution in [1.29, 1.82) is 0 Å². The number of nitrogens with one attached hydrogen (secondary N) is 1. The topological polar surface area (TPSA) is 38.0 Å². The first-order valence-electron chi connectivity index (χ1n) is 5.78. The van der Waals surface area contributed by atoms with E-state index in [1.54, 1.807) is 0 Å². The lowest BCUT2D eigenvalue weighted by Crippen LogP contribution is -2.37. The normalized spacial score (nSPS) is 29.1. The number of hydrogen-bond acceptors (Lipinski definition) is 2. The summed E-state index contributed by atoms with van der Waals surface area (Å²) in [4.78, 5) is 0. The second kappa shape index (κ2) is 6.39. The molecule has 2 nitrogen and oxygen atoms in total. The quantitative estimate of drug-likeness (QED) is 0.640. The van der Waals surface area contributed by atoms with Crippen LogP contribution in [0.4, 0.5) is 0 Å². The second-order valence-electron chi connectivity index (χ2n) is 4.32. The fraction of sp³-hybridized carbons (Fsp3) is 1.00. The van der Waals surface area contributed by atoms with E-state index in [2.05, 4.69) is 12.2 Å². The van der Waals surface area contributed by atoms with Crippen molar-refractivity contribution in [3.8, 4) is 0 Å². The van der Waals surface area contributed by atoms with E-state index in [1.165, 1.54) is 32.1 Å². The summed E-state index contributed by atoms with van der Waals surface area (Å²) in [5.41, 5.74) is 5.45. The Kier molecular flexibility index (Phi) is 5.40. The fourth-order valence-electron chi connectivity index (χ4n) is 2.18. The summed E-state index contributed by atoms with van der Waals surface area (Å²) in [6.45, 7) is 4.37. The molecule has 0 bridgehead atoms. The average molecular weight is 184 g/mol. The van der Waals surface area contributed by atoms with Crippen molar-refractivity contribution < 1.29 is 0 Å². The third-order valence-electron chi connectivity index (χ3n) is 3.15. The van der Waals surface area contributed by atoms with Gasteiger partial charge in [-0.05, 0) is 44.7 Å². The zero-order chi connectivity index (χ0) is 9.52. The van der Waals surface area contributed by atoms with Crippen LogP contribution in [0.2, 0.25) is 0 Å². The Morgan fingerprint density at radius 2 is 2.00 bits per heavy atom. The summed E-state index contributed by atoms with van der Waals surface area (Å²) in [6.07, 6.45) is 8.03. The lowest BCUT2D eigenvalue weighted by Gasteiger charge is -2.29. The van der Waals surface area contributed by atoms with E-state index in [9.17, 15) is 0 Å². The number of unbranched alkanes of at least 4 members (excludes halogenated alkanes) is 1. The van der Waals surface area contributed by atoms with E-state index >= 15 is 0 Å². The molecule has 0 amide bonds. The molecule has 13 heavy (non-hydrogen) atoms. The van der Waals surface area contributed by atoms with Crippen LogP contribution in [-0.2, 0) is 0 Å². The largest absolute Gasteiger partial charge is 0.330 e. The Balaban J connectivity index is 2.05. The highest BCUT2D eigenvalue weighted by molar-refractivity contribution is 4.77. The van der Waals surface area contributed by atoms with E-state index in [0.29, 0.717) is 0 Å². The highest BCUT2D eigenvalue weighted by Gasteiger charge is 2.19. The van der Waals surface area contributed by atoms with Crippen molar-refractivity contribution in [3.63, 3.8) is 0 Å². The Bertz CT molecular complexity index is 125. The maximum atomic E-state index is 5.45. The average Bonchev–Trinajstić information content (AvgIpc) is 2.15. The van der Waals surface area contributed by atoms with Gasteiger partial charge in [-0.3, -0.25) is 0 Å². The van der Waals surface area contributed by atoms with Crippen LogP contribution < -0.4 is 11.1 Å². The molecule has 0 heterocycles. The van der Waals surface area contributed by atoms with Crippen molar-refractivity contribution in [2.45, 2.75) is 51.5 Å². The zero-order valence-electron chi connectivity index (χ0n) is 8.89. The fourth-order valence-corrected chi connectivity index (χ4v) is 2.18. The van der Waals surface area contributed by atoms with Gasteiger partial charge < -0.3 is 11.1 Å². The van der Waals surface area contributed by atoms with E-state index < -0.39 is 0 Å². The predicted octanol–water partition coefficient (Wildman–Crippen LogP) is 1.89. The molecule has 0 spiro atoms. The van der Waals surface area contributed by atoms with Crippen LogP contribution in [0.15, 0.2) is 0 Å². The molecule has 2 unspecified atom stereocenters. The van der Waals surface area contributed by atoms with Gasteiger partial charge in [0.05, 0.1) is 0 Å². The van der Waals surface area contributed by atoms with Gasteiger partial charge >= 0.3 is 0 Å². The van der Waals surface area contributed by atoms with E-state index in [-0.39, 0.29) is 0 Å². The Labute approximate surface area is 82.3 Å². The Morgan fingerprint density at radius 3 is 2.69 bits per heavy atom. The second-order valence-corrected chi connectivity index (χ2v) is 4.32. The summed E-state index contributed by atoms with van der Waals surface area (Å²) < 4.78 is 0. The first kappa shape index (κ1) is 11.0. The van der Waals surface area contributed by atoms with E-state index in [1.807, 2.05) is 0 Å². The van der Waals surface area contributed by atoms with Gasteiger partial charge in [0.2, 0.25) is 0 Å². The number of nitrogens with two attached hydrogens (primary N) is 1. The molecular weight excluding hydrogens is 160 g/mol. The van der Waals surface area contributed by atoms with Crippen LogP contribution in [-0.4, -0.2) is 19.1 Å². The van der Waals surface area contributed by atoms with Crippen LogP contribution in [0.25, 0.3) is 0 Å². The molecule has 1 aliphatic rings. The van der Waals surface area contributed by atoms with Gasteiger partial charge in [-0.25, -0.2) is 0 Å². The summed E-state index contributed by atoms with van der Waals surface area (Å²) >= 11 is 0. The lowest BCUT2D eigenvalue weighted by atomic mass is 9.86. The molecule has 1 aliphatic carbocycles. The number of hydrogen-bond donors (Lipinski definition) is 2. The SMILES string of the molecule is CC1CCCCC1NCCCCN. The molecule has 0 aromatic carbocycles. The molecule has 2 heteroatoms. The molecular formula is C11H24N2. The molecule has 0 aliphatic heterocycles. The van der Waals surface area contributed by atoms with Crippen LogP contribution >= 0.6 is 0 Å². The minimum absolute atomic E-state index is 0.784. The van der Waals surface area contributed by atoms with Crippen molar-refractivity contribution in [2.24, 2.45) is 11.7 Å². The van der Waals surface area contributed by atoms with Gasteiger partial charge in [-0.15, -0.1) is 0 Å². The molecule has 0 radical (unpaired) electrons. The third kappa shape index (κ3) is 4.10. The zero-order valence-corrected chi connectivity index (χ0v) is 8.89. The monoisotopic (exact) mass is 184 g/mol. The maximum Gasteiger partial charge on any atom is 0.00926 e. The molecule has 1 saturated carbocycles. The molecule has 1 rings (SSSR count). The van der Waals surface area contributed by atoms with Gasteiger partial charge in [-0.1, -0.05) is 19.8 Å². The van der Waals surface area contributed by atoms with Crippen molar-refractivity contribution >= 4 is 0 Å². The van der Waals surface area contributed by atoms with E-state index in [0.717, 1.165) is 31.5 Å². The molecule has 2 atom stereocenters. The summed E-state index contributed by atoms with van der Waals surface area (Å²) in [5, 5.41) is 3.65. The molecule has 78 valence electrons. The van der Waals surface area contributed by atoms with Gasteiger partial charge in [0.25, 0.3) is 0 Å². The molecule has 0 aromatic rings. The van der Waals surface area contributed by atoms with Crippen LogP contribution in [0.3, 0.4) is 0 Å². The van der Waals surface area contributed by atoms with Gasteiger partial charge in [0.1, 0.15) is 0 Å². The van der Waals surface area contributed by atoms with E-state index in [4.69, 9.17) is 5.73 Å². The Hall–Kier alpha value is -0.0800. The van der Waals surface area contributed by atoms with Crippen molar-refractivity contribution in [3.05, 3.63) is 0 Å². The lowest BCUT2D eigenvalue weighted by molar-refractivity contribution is 0.280. The number of rotatable bonds is 5. The molecule has 0 aromatic heterocycles. The smallest absolute Gasteiger partial charge is 0.00926 e. The first-order chi connectivity index (χ1) is 6.34. The Morgan fingerprint density at radius 1 is 1.23 bits per heavy atom. The van der Waals surface area contributed by atoms with Crippen LogP contribution in [0, 0.1) is 5.92 Å². The van der Waals surface area contributed by atoms with Crippen LogP contribution in [0.1, 0.15) is 45.4 Å². The van der Waals surface area contributed by atoms with Gasteiger partial charge in [0, 0.05) is 6.04 Å². The highest BCUT2D eigenvalue weighted by Crippen LogP contribution is 2.23. The molecule has 1 fully saturated rings. The van der Waals surface area contributed by atoms with Gasteiger partial charge in [-0.2, -0.15) is 0 Å². The molecule has 0 saturated heterocycles. The maximum absolute atomic E-state index is 5.45. The summed E-state index contributed by atoms with van der Waals surface area (Å²) in [5.74, 6) is 0.881. The van der Waals surface area contributed by atoms with Gasteiger partial charge in [0.15, 0.2) is 0 Å². The van der Waals surface area contributed by atoms with Crippen LogP contribution in [0.5, 0.6) is 0 Å².